The molecule has 51 heavy (non-hydrogen) atoms. The Bertz CT molecular complexity index is 3000. The summed E-state index contributed by atoms with van der Waals surface area (Å²) >= 11 is 0. The van der Waals surface area contributed by atoms with Gasteiger partial charge in [-0.3, -0.25) is 0 Å². The van der Waals surface area contributed by atoms with Gasteiger partial charge in [0.05, 0.1) is 11.0 Å². The van der Waals surface area contributed by atoms with Gasteiger partial charge in [0.25, 0.3) is 0 Å². The largest absolute Gasteiger partial charge is 0.354 e. The summed E-state index contributed by atoms with van der Waals surface area (Å²) in [7, 11) is 0. The van der Waals surface area contributed by atoms with Crippen molar-refractivity contribution in [3.63, 3.8) is 0 Å². The van der Waals surface area contributed by atoms with E-state index in [0.717, 1.165) is 31.2 Å². The first kappa shape index (κ1) is 28.7. The third kappa shape index (κ3) is 4.17. The van der Waals surface area contributed by atoms with E-state index >= 15 is 0 Å². The summed E-state index contributed by atoms with van der Waals surface area (Å²) in [5.74, 6) is 0. The predicted octanol–water partition coefficient (Wildman–Crippen LogP) is 13.0. The Morgan fingerprint density at radius 2 is 1.06 bits per heavy atom. The highest BCUT2D eigenvalue weighted by atomic mass is 14.7. The molecule has 242 valence electrons. The van der Waals surface area contributed by atoms with Crippen LogP contribution in [0.3, 0.4) is 0 Å². The normalized spacial score (nSPS) is 13.7. The maximum absolute atomic E-state index is 4.02. The van der Waals surface area contributed by atoms with E-state index in [-0.39, 0.29) is 0 Å². The van der Waals surface area contributed by atoms with Crippen LogP contribution in [0.4, 0.5) is 0 Å². The molecule has 0 radical (unpaired) electrons. The second-order valence-electron chi connectivity index (χ2n) is 14.5. The third-order valence-corrected chi connectivity index (χ3v) is 11.8. The Hall–Kier alpha value is -6.12. The summed E-state index contributed by atoms with van der Waals surface area (Å²) in [6, 6.07) is 41.0. The van der Waals surface area contributed by atoms with Crippen molar-refractivity contribution >= 4 is 66.5 Å². The number of aryl methyl sites for hydroxylation is 4. The van der Waals surface area contributed by atoms with Gasteiger partial charge in [-0.15, -0.1) is 0 Å². The molecule has 0 bridgehead atoms. The topological polar surface area (TPSA) is 31.6 Å². The van der Waals surface area contributed by atoms with Crippen LogP contribution in [0.15, 0.2) is 122 Å². The van der Waals surface area contributed by atoms with Crippen molar-refractivity contribution in [1.82, 2.24) is 9.97 Å². The average Bonchev–Trinajstić information content (AvgIpc) is 3.74. The van der Waals surface area contributed by atoms with Crippen molar-refractivity contribution in [1.29, 1.82) is 0 Å². The molecule has 7 aromatic carbocycles. The lowest BCUT2D eigenvalue weighted by molar-refractivity contribution is 0.888. The summed E-state index contributed by atoms with van der Waals surface area (Å²) in [4.78, 5) is 7.79. The van der Waals surface area contributed by atoms with Gasteiger partial charge >= 0.3 is 0 Å². The molecule has 0 saturated carbocycles. The highest BCUT2D eigenvalue weighted by molar-refractivity contribution is 6.15. The molecule has 2 aromatic heterocycles. The van der Waals surface area contributed by atoms with Gasteiger partial charge in [0.15, 0.2) is 0 Å². The van der Waals surface area contributed by atoms with Gasteiger partial charge in [0.1, 0.15) is 0 Å². The molecule has 0 saturated heterocycles. The standard InChI is InChI=1S/C49H36N2/c1-3-7-30-22-32(12-10-28(30)4-2)34-16-20-44-40(24-34)42-26-36-14-15-37-27-43-41-25-35(33-13-11-29-8-5-6-9-31(29)23-33)17-21-45(41)51-49(43)39-19-18-38(48(42)50-44)46(36)47(37)39/h3-13,16-17,20-27,50-51H,2,14-15,18-19H2,1H3/b7-3-. The molecular formula is C49H36N2. The molecule has 2 N–H and O–H groups in total. The van der Waals surface area contributed by atoms with Gasteiger partial charge in [0, 0.05) is 32.6 Å². The molecule has 11 rings (SSSR count). The van der Waals surface area contributed by atoms with Gasteiger partial charge in [-0.2, -0.15) is 0 Å². The van der Waals surface area contributed by atoms with Crippen LogP contribution in [0.25, 0.3) is 99.9 Å². The predicted molar refractivity (Wildman–Crippen MR) is 219 cm³/mol. The van der Waals surface area contributed by atoms with Crippen molar-refractivity contribution in [2.45, 2.75) is 32.6 Å². The highest BCUT2D eigenvalue weighted by Crippen LogP contribution is 2.49. The average molecular weight is 653 g/mol. The lowest BCUT2D eigenvalue weighted by Gasteiger charge is -2.30. The van der Waals surface area contributed by atoms with Crippen molar-refractivity contribution in [2.75, 3.05) is 0 Å². The quantitative estimate of drug-likeness (QED) is 0.190. The highest BCUT2D eigenvalue weighted by Gasteiger charge is 2.30. The van der Waals surface area contributed by atoms with Crippen LogP contribution in [0.2, 0.25) is 0 Å². The van der Waals surface area contributed by atoms with Crippen molar-refractivity contribution in [2.24, 2.45) is 0 Å². The van der Waals surface area contributed by atoms with Crippen LogP contribution < -0.4 is 0 Å². The molecule has 0 fully saturated rings. The molecule has 2 heterocycles. The van der Waals surface area contributed by atoms with E-state index < -0.39 is 0 Å². The summed E-state index contributed by atoms with van der Waals surface area (Å²) in [5, 5.41) is 7.92. The van der Waals surface area contributed by atoms with Crippen molar-refractivity contribution in [3.05, 3.63) is 155 Å². The minimum absolute atomic E-state index is 1.04. The lowest BCUT2D eigenvalue weighted by atomic mass is 9.74. The molecule has 2 aliphatic carbocycles. The maximum atomic E-state index is 4.02. The van der Waals surface area contributed by atoms with Crippen molar-refractivity contribution in [3.8, 4) is 33.4 Å². The van der Waals surface area contributed by atoms with Crippen LogP contribution >= 0.6 is 0 Å². The van der Waals surface area contributed by atoms with E-state index in [4.69, 9.17) is 0 Å². The second kappa shape index (κ2) is 10.7. The van der Waals surface area contributed by atoms with E-state index in [1.54, 1.807) is 0 Å². The van der Waals surface area contributed by atoms with Crippen molar-refractivity contribution < 1.29 is 0 Å². The number of aromatic amines is 2. The zero-order valence-corrected chi connectivity index (χ0v) is 28.7. The lowest BCUT2D eigenvalue weighted by Crippen LogP contribution is -2.15. The van der Waals surface area contributed by atoms with Gasteiger partial charge in [0.2, 0.25) is 0 Å². The minimum atomic E-state index is 1.04. The Morgan fingerprint density at radius 3 is 1.67 bits per heavy atom. The zero-order valence-electron chi connectivity index (χ0n) is 28.7. The minimum Gasteiger partial charge on any atom is -0.354 e. The fraction of sp³-hybridized carbons (Fsp3) is 0.102. The van der Waals surface area contributed by atoms with Gasteiger partial charge in [-0.1, -0.05) is 85.5 Å². The van der Waals surface area contributed by atoms with Crippen LogP contribution in [-0.2, 0) is 25.7 Å². The SMILES string of the molecule is C=Cc1ccc(-c2ccc3[nH]c4c5c6c(cc4c3c2)CCc2cc3c([nH]c4ccc(-c7ccc8ccccc8c7)cc43)c(c2-6)CC5)cc1/C=C\C. The Kier molecular flexibility index (Phi) is 6.01. The molecule has 0 unspecified atom stereocenters. The monoisotopic (exact) mass is 652 g/mol. The third-order valence-electron chi connectivity index (χ3n) is 11.8. The molecule has 0 amide bonds. The van der Waals surface area contributed by atoms with E-state index in [1.807, 2.05) is 6.08 Å². The number of allylic oxidation sites excluding steroid dienone is 1. The first-order valence-electron chi connectivity index (χ1n) is 18.2. The zero-order chi connectivity index (χ0) is 33.8. The van der Waals surface area contributed by atoms with Gasteiger partial charge in [-0.25, -0.2) is 0 Å². The molecule has 2 nitrogen and oxygen atoms in total. The summed E-state index contributed by atoms with van der Waals surface area (Å²) < 4.78 is 0. The number of fused-ring (bicyclic) bond motifs is 9. The number of hydrogen-bond donors (Lipinski definition) is 2. The number of hydrogen-bond acceptors (Lipinski definition) is 0. The second-order valence-corrected chi connectivity index (χ2v) is 14.5. The molecule has 2 heteroatoms. The molecule has 2 aliphatic rings. The van der Waals surface area contributed by atoms with E-state index in [2.05, 4.69) is 145 Å². The molecule has 9 aromatic rings. The fourth-order valence-electron chi connectivity index (χ4n) is 9.36. The smallest absolute Gasteiger partial charge is 0.0503 e. The maximum Gasteiger partial charge on any atom is 0.0503 e. The first-order valence-corrected chi connectivity index (χ1v) is 18.2. The molecule has 0 atom stereocenters. The molecule has 0 spiro atoms. The van der Waals surface area contributed by atoms with E-state index in [1.165, 1.54) is 116 Å². The summed E-state index contributed by atoms with van der Waals surface area (Å²) in [5.41, 5.74) is 21.4. The van der Waals surface area contributed by atoms with Crippen LogP contribution in [-0.4, -0.2) is 9.97 Å². The Labute approximate surface area is 296 Å². The van der Waals surface area contributed by atoms with E-state index in [0.29, 0.717) is 0 Å². The number of rotatable bonds is 4. The summed E-state index contributed by atoms with van der Waals surface area (Å²) in [6.07, 6.45) is 10.4. The van der Waals surface area contributed by atoms with Crippen LogP contribution in [0.5, 0.6) is 0 Å². The summed E-state index contributed by atoms with van der Waals surface area (Å²) in [6.45, 7) is 6.09. The molecular weight excluding hydrogens is 617 g/mol. The van der Waals surface area contributed by atoms with Crippen LogP contribution in [0, 0.1) is 0 Å². The number of H-pyrrole nitrogens is 2. The Balaban J connectivity index is 1.06. The van der Waals surface area contributed by atoms with Gasteiger partial charge < -0.3 is 9.97 Å². The van der Waals surface area contributed by atoms with E-state index in [9.17, 15) is 0 Å². The Morgan fingerprint density at radius 1 is 0.510 bits per heavy atom. The van der Waals surface area contributed by atoms with Gasteiger partial charge in [-0.05, 0) is 159 Å². The first-order chi connectivity index (χ1) is 25.1. The number of nitrogens with one attached hydrogen (secondary N) is 2. The van der Waals surface area contributed by atoms with Crippen LogP contribution in [0.1, 0.15) is 40.3 Å². The fourth-order valence-corrected chi connectivity index (χ4v) is 9.36. The number of benzene rings is 7. The molecule has 0 aliphatic heterocycles. The number of aromatic nitrogens is 2.